The fraction of sp³-hybridized carbons (Fsp3) is 0.238. The highest BCUT2D eigenvalue weighted by Crippen LogP contribution is 2.38. The Bertz CT molecular complexity index is 992. The maximum atomic E-state index is 12.2. The Morgan fingerprint density at radius 1 is 1.03 bits per heavy atom. The summed E-state index contributed by atoms with van der Waals surface area (Å²) in [5.41, 5.74) is 0.748. The number of imidazole rings is 1. The third-order valence-electron chi connectivity index (χ3n) is 4.25. The second-order valence-corrected chi connectivity index (χ2v) is 6.10. The van der Waals surface area contributed by atoms with E-state index in [-0.39, 0.29) is 5.91 Å². The van der Waals surface area contributed by atoms with Gasteiger partial charge >= 0.3 is 0 Å². The zero-order valence-electron chi connectivity index (χ0n) is 17.0. The van der Waals surface area contributed by atoms with E-state index in [0.717, 1.165) is 5.56 Å². The molecule has 0 spiro atoms. The van der Waals surface area contributed by atoms with Crippen LogP contribution in [0.5, 0.6) is 17.2 Å². The van der Waals surface area contributed by atoms with Crippen LogP contribution in [0.3, 0.4) is 0 Å². The van der Waals surface area contributed by atoms with Crippen molar-refractivity contribution < 1.29 is 19.0 Å². The lowest BCUT2D eigenvalue weighted by Gasteiger charge is -2.12. The number of benzene rings is 1. The van der Waals surface area contributed by atoms with Crippen molar-refractivity contribution >= 4 is 12.0 Å². The summed E-state index contributed by atoms with van der Waals surface area (Å²) in [6, 6.07) is 5.28. The van der Waals surface area contributed by atoms with Gasteiger partial charge in [-0.05, 0) is 29.8 Å². The molecule has 0 radical (unpaired) electrons. The van der Waals surface area contributed by atoms with Crippen molar-refractivity contribution in [2.24, 2.45) is 0 Å². The summed E-state index contributed by atoms with van der Waals surface area (Å²) in [7, 11) is 4.63. The van der Waals surface area contributed by atoms with Gasteiger partial charge in [-0.1, -0.05) is 0 Å². The van der Waals surface area contributed by atoms with Crippen LogP contribution in [0.15, 0.2) is 49.1 Å². The lowest BCUT2D eigenvalue weighted by molar-refractivity contribution is -0.116. The van der Waals surface area contributed by atoms with Gasteiger partial charge < -0.3 is 24.1 Å². The molecule has 0 atom stereocenters. The summed E-state index contributed by atoms with van der Waals surface area (Å²) >= 11 is 0. The normalized spacial score (nSPS) is 10.8. The largest absolute Gasteiger partial charge is 0.493 e. The maximum absolute atomic E-state index is 12.2. The maximum Gasteiger partial charge on any atom is 0.244 e. The molecule has 1 N–H and O–H groups in total. The van der Waals surface area contributed by atoms with Crippen LogP contribution < -0.4 is 19.5 Å². The molecule has 156 valence electrons. The molecule has 1 amide bonds. The van der Waals surface area contributed by atoms with Crippen LogP contribution in [0.25, 0.3) is 17.7 Å². The summed E-state index contributed by atoms with van der Waals surface area (Å²) in [6.07, 6.45) is 9.96. The number of ether oxygens (including phenoxy) is 3. The lowest BCUT2D eigenvalue weighted by Crippen LogP contribution is -2.25. The minimum atomic E-state index is -0.221. The quantitative estimate of drug-likeness (QED) is 0.541. The lowest BCUT2D eigenvalue weighted by atomic mass is 10.1. The van der Waals surface area contributed by atoms with Crippen molar-refractivity contribution in [1.29, 1.82) is 0 Å². The van der Waals surface area contributed by atoms with Crippen LogP contribution in [-0.4, -0.2) is 53.3 Å². The molecule has 9 nitrogen and oxygen atoms in total. The predicted octanol–water partition coefficient (Wildman–Crippen LogP) is 2.20. The Morgan fingerprint density at radius 2 is 1.73 bits per heavy atom. The highest BCUT2D eigenvalue weighted by Gasteiger charge is 2.12. The molecule has 2 aromatic heterocycles. The predicted molar refractivity (Wildman–Crippen MR) is 111 cm³/mol. The smallest absolute Gasteiger partial charge is 0.244 e. The van der Waals surface area contributed by atoms with Gasteiger partial charge in [0.25, 0.3) is 0 Å². The summed E-state index contributed by atoms with van der Waals surface area (Å²) in [4.78, 5) is 24.9. The van der Waals surface area contributed by atoms with Gasteiger partial charge in [0.15, 0.2) is 23.1 Å². The van der Waals surface area contributed by atoms with E-state index in [1.807, 2.05) is 10.8 Å². The number of amides is 1. The van der Waals surface area contributed by atoms with E-state index in [1.54, 1.807) is 64.2 Å². The molecule has 9 heteroatoms. The van der Waals surface area contributed by atoms with Gasteiger partial charge in [-0.3, -0.25) is 4.79 Å². The van der Waals surface area contributed by atoms with Gasteiger partial charge in [0.2, 0.25) is 11.7 Å². The number of carbonyl (C=O) groups is 1. The van der Waals surface area contributed by atoms with Crippen LogP contribution in [0, 0.1) is 0 Å². The molecule has 0 saturated carbocycles. The van der Waals surface area contributed by atoms with Crippen LogP contribution in [0.2, 0.25) is 0 Å². The SMILES string of the molecule is COc1cc(C=CC(=O)NCCn2ccnc2-c2ncccn2)cc(OC)c1OC. The number of carbonyl (C=O) groups excluding carboxylic acids is 1. The Balaban J connectivity index is 1.60. The van der Waals surface area contributed by atoms with E-state index in [1.165, 1.54) is 6.08 Å². The second-order valence-electron chi connectivity index (χ2n) is 6.10. The highest BCUT2D eigenvalue weighted by atomic mass is 16.5. The van der Waals surface area contributed by atoms with E-state index in [9.17, 15) is 4.79 Å². The fourth-order valence-electron chi connectivity index (χ4n) is 2.84. The number of rotatable bonds is 9. The molecule has 0 aliphatic carbocycles. The number of nitrogens with zero attached hydrogens (tertiary/aromatic N) is 4. The average Bonchev–Trinajstić information content (AvgIpc) is 3.26. The van der Waals surface area contributed by atoms with E-state index < -0.39 is 0 Å². The summed E-state index contributed by atoms with van der Waals surface area (Å²) in [5.74, 6) is 2.51. The molecular formula is C21H23N5O4. The van der Waals surface area contributed by atoms with Crippen LogP contribution >= 0.6 is 0 Å². The minimum absolute atomic E-state index is 0.221. The Kier molecular flexibility index (Phi) is 6.99. The monoisotopic (exact) mass is 409 g/mol. The Morgan fingerprint density at radius 3 is 2.37 bits per heavy atom. The molecule has 2 heterocycles. The first kappa shape index (κ1) is 20.8. The number of methoxy groups -OCH3 is 3. The molecule has 0 aliphatic rings. The van der Waals surface area contributed by atoms with E-state index in [0.29, 0.717) is 42.0 Å². The number of hydrogen-bond acceptors (Lipinski definition) is 7. The van der Waals surface area contributed by atoms with Gasteiger partial charge in [0, 0.05) is 44.0 Å². The molecule has 0 fully saturated rings. The van der Waals surface area contributed by atoms with Gasteiger partial charge in [0.1, 0.15) is 0 Å². The average molecular weight is 409 g/mol. The third-order valence-corrected chi connectivity index (χ3v) is 4.25. The second kappa shape index (κ2) is 10.1. The number of nitrogens with one attached hydrogen (secondary N) is 1. The van der Waals surface area contributed by atoms with Crippen molar-refractivity contribution in [2.45, 2.75) is 6.54 Å². The molecule has 0 saturated heterocycles. The number of aromatic nitrogens is 4. The molecular weight excluding hydrogens is 386 g/mol. The molecule has 3 aromatic rings. The van der Waals surface area contributed by atoms with E-state index in [4.69, 9.17) is 14.2 Å². The third kappa shape index (κ3) is 4.93. The van der Waals surface area contributed by atoms with Gasteiger partial charge in [0.05, 0.1) is 21.3 Å². The molecule has 1 aromatic carbocycles. The highest BCUT2D eigenvalue weighted by molar-refractivity contribution is 5.91. The van der Waals surface area contributed by atoms with Gasteiger partial charge in [-0.2, -0.15) is 0 Å². The molecule has 3 rings (SSSR count). The van der Waals surface area contributed by atoms with Gasteiger partial charge in [-0.15, -0.1) is 0 Å². The van der Waals surface area contributed by atoms with Crippen LogP contribution in [0.1, 0.15) is 5.56 Å². The fourth-order valence-corrected chi connectivity index (χ4v) is 2.84. The minimum Gasteiger partial charge on any atom is -0.493 e. The molecule has 30 heavy (non-hydrogen) atoms. The van der Waals surface area contributed by atoms with Crippen molar-refractivity contribution in [1.82, 2.24) is 24.8 Å². The van der Waals surface area contributed by atoms with Crippen LogP contribution in [-0.2, 0) is 11.3 Å². The summed E-state index contributed by atoms with van der Waals surface area (Å²) in [5, 5.41) is 2.85. The standard InChI is InChI=1S/C21H23N5O4/c1-28-16-13-15(14-17(29-2)19(16)30-3)5-6-18(27)22-9-11-26-12-10-25-21(26)20-23-7-4-8-24-20/h4-8,10,12-14H,9,11H2,1-3H3,(H,22,27). The van der Waals surface area contributed by atoms with Crippen molar-refractivity contribution in [3.8, 4) is 28.9 Å². The first-order valence-corrected chi connectivity index (χ1v) is 9.20. The first-order chi connectivity index (χ1) is 14.7. The zero-order valence-corrected chi connectivity index (χ0v) is 17.0. The van der Waals surface area contributed by atoms with E-state index >= 15 is 0 Å². The van der Waals surface area contributed by atoms with Crippen LogP contribution in [0.4, 0.5) is 0 Å². The Hall–Kier alpha value is -3.88. The van der Waals surface area contributed by atoms with Gasteiger partial charge in [-0.25, -0.2) is 15.0 Å². The first-order valence-electron chi connectivity index (χ1n) is 9.20. The molecule has 0 aliphatic heterocycles. The van der Waals surface area contributed by atoms with Crippen molar-refractivity contribution in [3.05, 3.63) is 54.6 Å². The van der Waals surface area contributed by atoms with Crippen molar-refractivity contribution in [2.75, 3.05) is 27.9 Å². The van der Waals surface area contributed by atoms with Crippen molar-refractivity contribution in [3.63, 3.8) is 0 Å². The zero-order chi connectivity index (χ0) is 21.3. The number of hydrogen-bond donors (Lipinski definition) is 1. The summed E-state index contributed by atoms with van der Waals surface area (Å²) in [6.45, 7) is 0.964. The molecule has 0 unspecified atom stereocenters. The van der Waals surface area contributed by atoms with E-state index in [2.05, 4.69) is 20.3 Å². The molecule has 0 bridgehead atoms. The Labute approximate surface area is 174 Å². The summed E-state index contributed by atoms with van der Waals surface area (Å²) < 4.78 is 17.8. The topological polar surface area (TPSA) is 100 Å².